The molecule has 94 valence electrons. The molecule has 0 saturated carbocycles. The van der Waals surface area contributed by atoms with Crippen molar-refractivity contribution in [1.82, 2.24) is 9.47 Å². The van der Waals surface area contributed by atoms with Crippen LogP contribution in [0.2, 0.25) is 0 Å². The molecule has 5 heteroatoms. The number of likely N-dealkylation sites (tertiary alicyclic amines) is 1. The summed E-state index contributed by atoms with van der Waals surface area (Å²) in [7, 11) is 3.65. The summed E-state index contributed by atoms with van der Waals surface area (Å²) in [6.45, 7) is 1.58. The summed E-state index contributed by atoms with van der Waals surface area (Å²) < 4.78 is 8.30. The van der Waals surface area contributed by atoms with E-state index in [1.54, 1.807) is 7.11 Å². The van der Waals surface area contributed by atoms with Gasteiger partial charge in [-0.25, -0.2) is 0 Å². The van der Waals surface area contributed by atoms with Crippen LogP contribution in [0.5, 0.6) is 0 Å². The number of rotatable bonds is 2. The third-order valence-corrected chi connectivity index (χ3v) is 3.84. The fourth-order valence-electron chi connectivity index (χ4n) is 2.19. The standard InChI is InChI=1S/C12H17IN2O2/c1-14-8-9(13)7-11(14)12(16)15-5-3-10(17-2)4-6-15/h7-8,10H,3-6H2,1-2H3. The molecule has 1 aromatic rings. The molecule has 0 unspecified atom stereocenters. The number of amides is 1. The number of aromatic nitrogens is 1. The minimum absolute atomic E-state index is 0.130. The minimum Gasteiger partial charge on any atom is -0.381 e. The van der Waals surface area contributed by atoms with Crippen molar-refractivity contribution in [2.24, 2.45) is 7.05 Å². The smallest absolute Gasteiger partial charge is 0.270 e. The Balaban J connectivity index is 2.04. The number of ether oxygens (including phenoxy) is 1. The van der Waals surface area contributed by atoms with Crippen LogP contribution in [0.1, 0.15) is 23.3 Å². The molecule has 1 aromatic heterocycles. The van der Waals surface area contributed by atoms with Crippen LogP contribution in [-0.2, 0) is 11.8 Å². The van der Waals surface area contributed by atoms with Gasteiger partial charge in [-0.1, -0.05) is 0 Å². The second-order valence-corrected chi connectivity index (χ2v) is 5.63. The first kappa shape index (κ1) is 12.9. The van der Waals surface area contributed by atoms with Gasteiger partial charge in [0, 0.05) is 37.0 Å². The van der Waals surface area contributed by atoms with E-state index in [-0.39, 0.29) is 5.91 Å². The summed E-state index contributed by atoms with van der Waals surface area (Å²) in [4.78, 5) is 14.2. The van der Waals surface area contributed by atoms with Gasteiger partial charge in [0.15, 0.2) is 0 Å². The molecule has 0 radical (unpaired) electrons. The normalized spacial score (nSPS) is 17.5. The molecule has 0 atom stereocenters. The van der Waals surface area contributed by atoms with Crippen molar-refractivity contribution in [2.45, 2.75) is 18.9 Å². The highest BCUT2D eigenvalue weighted by Crippen LogP contribution is 2.17. The molecule has 0 aliphatic carbocycles. The number of nitrogens with zero attached hydrogens (tertiary/aromatic N) is 2. The van der Waals surface area contributed by atoms with Crippen LogP contribution in [0.15, 0.2) is 12.3 Å². The van der Waals surface area contributed by atoms with E-state index >= 15 is 0 Å². The van der Waals surface area contributed by atoms with Crippen molar-refractivity contribution >= 4 is 28.5 Å². The first-order valence-corrected chi connectivity index (χ1v) is 6.83. The number of piperidine rings is 1. The topological polar surface area (TPSA) is 34.5 Å². The zero-order chi connectivity index (χ0) is 12.4. The first-order valence-electron chi connectivity index (χ1n) is 5.75. The first-order chi connectivity index (χ1) is 8.11. The van der Waals surface area contributed by atoms with Gasteiger partial charge in [0.1, 0.15) is 5.69 Å². The van der Waals surface area contributed by atoms with E-state index in [1.165, 1.54) is 0 Å². The maximum absolute atomic E-state index is 12.3. The van der Waals surface area contributed by atoms with Gasteiger partial charge in [-0.15, -0.1) is 0 Å². The predicted molar refractivity (Wildman–Crippen MR) is 74.1 cm³/mol. The highest BCUT2D eigenvalue weighted by molar-refractivity contribution is 14.1. The third-order valence-electron chi connectivity index (χ3n) is 3.25. The maximum Gasteiger partial charge on any atom is 0.270 e. The number of halogens is 1. The SMILES string of the molecule is COC1CCN(C(=O)c2cc(I)cn2C)CC1. The van der Waals surface area contributed by atoms with Crippen molar-refractivity contribution in [1.29, 1.82) is 0 Å². The summed E-state index contributed by atoms with van der Waals surface area (Å²) in [5.41, 5.74) is 0.769. The molecule has 1 amide bonds. The Morgan fingerprint density at radius 1 is 1.47 bits per heavy atom. The predicted octanol–water partition coefficient (Wildman–Crippen LogP) is 1.88. The van der Waals surface area contributed by atoms with E-state index in [1.807, 2.05) is 28.8 Å². The number of carbonyl (C=O) groups is 1. The Morgan fingerprint density at radius 3 is 2.59 bits per heavy atom. The number of hydrogen-bond donors (Lipinski definition) is 0. The molecular formula is C12H17IN2O2. The van der Waals surface area contributed by atoms with Crippen LogP contribution in [0.25, 0.3) is 0 Å². The van der Waals surface area contributed by atoms with Gasteiger partial charge in [0.2, 0.25) is 0 Å². The van der Waals surface area contributed by atoms with Gasteiger partial charge < -0.3 is 14.2 Å². The maximum atomic E-state index is 12.3. The van der Waals surface area contributed by atoms with Crippen LogP contribution in [0, 0.1) is 3.57 Å². The molecule has 0 bridgehead atoms. The highest BCUT2D eigenvalue weighted by Gasteiger charge is 2.24. The highest BCUT2D eigenvalue weighted by atomic mass is 127. The van der Waals surface area contributed by atoms with Crippen molar-refractivity contribution in [2.75, 3.05) is 20.2 Å². The molecule has 1 fully saturated rings. The van der Waals surface area contributed by atoms with Crippen LogP contribution in [-0.4, -0.2) is 41.7 Å². The van der Waals surface area contributed by atoms with E-state index in [2.05, 4.69) is 22.6 Å². The molecule has 0 N–H and O–H groups in total. The quantitative estimate of drug-likeness (QED) is 0.765. The lowest BCUT2D eigenvalue weighted by Gasteiger charge is -2.31. The molecule has 1 aliphatic heterocycles. The zero-order valence-electron chi connectivity index (χ0n) is 10.1. The Bertz CT molecular complexity index is 409. The molecule has 1 saturated heterocycles. The fraction of sp³-hybridized carbons (Fsp3) is 0.583. The van der Waals surface area contributed by atoms with Gasteiger partial charge in [-0.2, -0.15) is 0 Å². The summed E-state index contributed by atoms with van der Waals surface area (Å²) in [6, 6.07) is 1.94. The average molecular weight is 348 g/mol. The fourth-order valence-corrected chi connectivity index (χ4v) is 2.91. The van der Waals surface area contributed by atoms with Crippen LogP contribution < -0.4 is 0 Å². The molecule has 2 heterocycles. The van der Waals surface area contributed by atoms with E-state index in [0.717, 1.165) is 35.2 Å². The molecule has 0 spiro atoms. The Hall–Kier alpha value is -0.560. The summed E-state index contributed by atoms with van der Waals surface area (Å²) in [6.07, 6.45) is 4.15. The third kappa shape index (κ3) is 2.82. The molecule has 17 heavy (non-hydrogen) atoms. The van der Waals surface area contributed by atoms with Crippen molar-refractivity contribution in [3.05, 3.63) is 21.5 Å². The monoisotopic (exact) mass is 348 g/mol. The minimum atomic E-state index is 0.130. The van der Waals surface area contributed by atoms with E-state index in [0.29, 0.717) is 6.10 Å². The second-order valence-electron chi connectivity index (χ2n) is 4.38. The van der Waals surface area contributed by atoms with Crippen LogP contribution in [0.4, 0.5) is 0 Å². The van der Waals surface area contributed by atoms with Gasteiger partial charge in [0.25, 0.3) is 5.91 Å². The van der Waals surface area contributed by atoms with E-state index in [9.17, 15) is 4.79 Å². The molecule has 0 aromatic carbocycles. The van der Waals surface area contributed by atoms with Gasteiger partial charge >= 0.3 is 0 Å². The lowest BCUT2D eigenvalue weighted by atomic mass is 10.1. The number of hydrogen-bond acceptors (Lipinski definition) is 2. The summed E-state index contributed by atoms with van der Waals surface area (Å²) >= 11 is 2.23. The molecule has 1 aliphatic rings. The van der Waals surface area contributed by atoms with Gasteiger partial charge in [0.05, 0.1) is 6.10 Å². The van der Waals surface area contributed by atoms with Crippen molar-refractivity contribution in [3.8, 4) is 0 Å². The summed E-state index contributed by atoms with van der Waals surface area (Å²) in [5, 5.41) is 0. The Kier molecular flexibility index (Phi) is 4.09. The van der Waals surface area contributed by atoms with E-state index < -0.39 is 0 Å². The Morgan fingerprint density at radius 2 is 2.12 bits per heavy atom. The molecule has 2 rings (SSSR count). The number of methoxy groups -OCH3 is 1. The Labute approximate surface area is 115 Å². The van der Waals surface area contributed by atoms with Gasteiger partial charge in [-0.3, -0.25) is 4.79 Å². The summed E-state index contributed by atoms with van der Waals surface area (Å²) in [5.74, 6) is 0.130. The number of aryl methyl sites for hydroxylation is 1. The number of carbonyl (C=O) groups excluding carboxylic acids is 1. The average Bonchev–Trinajstić information content (AvgIpc) is 2.68. The van der Waals surface area contributed by atoms with E-state index in [4.69, 9.17) is 4.74 Å². The van der Waals surface area contributed by atoms with Gasteiger partial charge in [-0.05, 0) is 41.5 Å². The largest absolute Gasteiger partial charge is 0.381 e. The van der Waals surface area contributed by atoms with Crippen LogP contribution >= 0.6 is 22.6 Å². The lowest BCUT2D eigenvalue weighted by Crippen LogP contribution is -2.41. The molecule has 4 nitrogen and oxygen atoms in total. The zero-order valence-corrected chi connectivity index (χ0v) is 12.3. The van der Waals surface area contributed by atoms with Crippen LogP contribution in [0.3, 0.4) is 0 Å². The van der Waals surface area contributed by atoms with Crippen molar-refractivity contribution < 1.29 is 9.53 Å². The van der Waals surface area contributed by atoms with Crippen molar-refractivity contribution in [3.63, 3.8) is 0 Å². The lowest BCUT2D eigenvalue weighted by molar-refractivity contribution is 0.0346. The molecular weight excluding hydrogens is 331 g/mol. The second kappa shape index (κ2) is 5.39.